The number of hydrogen-bond acceptors (Lipinski definition) is 4. The number of benzene rings is 22. The highest BCUT2D eigenvalue weighted by molar-refractivity contribution is 9.10. The van der Waals surface area contributed by atoms with Gasteiger partial charge in [-0.2, -0.15) is 0 Å². The molecule has 4 atom stereocenters. The first-order valence-electron chi connectivity index (χ1n) is 51.3. The number of rotatable bonds is 16. The van der Waals surface area contributed by atoms with Crippen LogP contribution in [0, 0.1) is 0 Å². The Labute approximate surface area is 887 Å². The first-order valence-corrected chi connectivity index (χ1v) is 52.9. The van der Waals surface area contributed by atoms with E-state index < -0.39 is 0 Å². The van der Waals surface area contributed by atoms with Crippen molar-refractivity contribution in [3.8, 4) is 66.8 Å². The number of anilines is 12. The quantitative estimate of drug-likeness (QED) is 0.0956. The summed E-state index contributed by atoms with van der Waals surface area (Å²) in [6, 6.07) is 206. The lowest BCUT2D eigenvalue weighted by Crippen LogP contribution is -2.36. The van der Waals surface area contributed by atoms with E-state index in [1.807, 2.05) is 0 Å². The summed E-state index contributed by atoms with van der Waals surface area (Å²) in [4.78, 5) is 9.70. The van der Waals surface area contributed by atoms with Gasteiger partial charge >= 0.3 is 0 Å². The van der Waals surface area contributed by atoms with Crippen LogP contribution in [-0.4, -0.2) is 0 Å². The van der Waals surface area contributed by atoms with Crippen molar-refractivity contribution in [3.63, 3.8) is 0 Å². The molecule has 0 aliphatic carbocycles. The fraction of sp³-hybridized carbons (Fsp3) is 0.0704. The van der Waals surface area contributed by atoms with Gasteiger partial charge < -0.3 is 19.6 Å². The lowest BCUT2D eigenvalue weighted by molar-refractivity contribution is 0.587. The van der Waals surface area contributed by atoms with Gasteiger partial charge in [-0.25, -0.2) is 0 Å². The molecule has 0 saturated carbocycles. The minimum absolute atomic E-state index is 0.225. The zero-order valence-corrected chi connectivity index (χ0v) is 86.4. The maximum Gasteiger partial charge on any atom is 0.0507 e. The van der Waals surface area contributed by atoms with Crippen LogP contribution in [0.25, 0.3) is 66.8 Å². The van der Waals surface area contributed by atoms with E-state index in [1.165, 1.54) is 190 Å². The first kappa shape index (κ1) is 94.6. The molecule has 4 unspecified atom stereocenters. The Morgan fingerprint density at radius 2 is 0.338 bits per heavy atom. The SMILES string of the molecule is CC1(c2ccccc2)c2ccccc2N(c2ccc(-c3ccccc3)cc2)c2ccc(-c3ccccc3)cc21.CC1(c2ccccc2)c2ccccc2N(c2ccc(-c3ccccc3)cc2)c2ccc(Br)cc21.CCC1(c2ccccc2)c2ccccc2N(c2ccc(-c3ccccc3)cc2)c2ccc(-c3ccccc3)cc21.CCC1(c2ccccc2)c2ccccc2N(c2ccc(-c3ccccc3)cc2)c2ccc(Br)cc21. The molecular formula is C142H110Br2N4. The highest BCUT2D eigenvalue weighted by Gasteiger charge is 2.48. The molecule has 0 saturated heterocycles. The number of fused-ring (bicyclic) bond motifs is 8. The summed E-state index contributed by atoms with van der Waals surface area (Å²) in [5.41, 5.74) is 43.9. The van der Waals surface area contributed by atoms with Crippen LogP contribution in [-0.2, 0) is 21.7 Å². The third kappa shape index (κ3) is 17.4. The zero-order chi connectivity index (χ0) is 100. The van der Waals surface area contributed by atoms with Crippen molar-refractivity contribution in [1.82, 2.24) is 0 Å². The minimum atomic E-state index is -0.307. The van der Waals surface area contributed by atoms with Gasteiger partial charge in [-0.15, -0.1) is 0 Å². The second-order valence-corrected chi connectivity index (χ2v) is 40.6. The standard InChI is InChI=1S/C39H31N.C38H29N.C33H26BrN.C32H24BrN/c1-2-39(33-18-10-5-11-19-33)35-20-12-13-21-37(35)40(34-25-22-31(23-26-34)29-14-6-3-7-15-29)38-27-24-32(28-36(38)39)30-16-8-4-9-17-30;1-38(32-17-9-4-10-18-32)34-19-11-12-20-36(34)39(33-24-21-30(22-25-33)28-13-5-2-6-14-28)37-26-23-31(27-35(37)38)29-15-7-3-8-16-29;1-2-33(26-13-7-4-8-14-26)29-15-9-10-16-31(29)35(32-22-19-27(34)23-30(32)33)28-20-17-25(18-21-28)24-11-5-3-6-12-24;1-32(25-12-6-3-7-13-25)28-14-8-9-15-30(28)34(31-21-18-26(33)22-29(31)32)27-19-16-24(17-20-27)23-10-4-2-5-11-23/h3-28H,2H2,1H3;2-27H,1H3;3-23H,2H2,1H3;2-22H,1H3. The van der Waals surface area contributed by atoms with Crippen LogP contribution in [0.3, 0.4) is 0 Å². The average Bonchev–Trinajstić information content (AvgIpc) is 0.713. The molecule has 712 valence electrons. The maximum absolute atomic E-state index is 3.78. The van der Waals surface area contributed by atoms with Crippen molar-refractivity contribution >= 4 is 100 Å². The summed E-state index contributed by atoms with van der Waals surface area (Å²) in [6.07, 6.45) is 1.93. The van der Waals surface area contributed by atoms with E-state index in [9.17, 15) is 0 Å². The summed E-state index contributed by atoms with van der Waals surface area (Å²) < 4.78 is 2.19. The van der Waals surface area contributed by atoms with Crippen molar-refractivity contribution in [1.29, 1.82) is 0 Å². The van der Waals surface area contributed by atoms with Crippen LogP contribution in [0.15, 0.2) is 579 Å². The topological polar surface area (TPSA) is 13.0 Å². The predicted molar refractivity (Wildman–Crippen MR) is 630 cm³/mol. The smallest absolute Gasteiger partial charge is 0.0507 e. The van der Waals surface area contributed by atoms with Gasteiger partial charge in [-0.3, -0.25) is 0 Å². The van der Waals surface area contributed by atoms with E-state index >= 15 is 0 Å². The average molecular weight is 2030 g/mol. The largest absolute Gasteiger partial charge is 0.310 e. The lowest BCUT2D eigenvalue weighted by atomic mass is 9.64. The molecule has 0 aromatic heterocycles. The molecule has 0 fully saturated rings. The molecule has 0 bridgehead atoms. The van der Waals surface area contributed by atoms with Crippen molar-refractivity contribution in [2.75, 3.05) is 19.6 Å². The molecule has 0 amide bonds. The van der Waals surface area contributed by atoms with E-state index in [1.54, 1.807) is 0 Å². The van der Waals surface area contributed by atoms with Crippen molar-refractivity contribution < 1.29 is 0 Å². The van der Waals surface area contributed by atoms with Crippen LogP contribution in [0.2, 0.25) is 0 Å². The molecule has 6 heteroatoms. The van der Waals surface area contributed by atoms with Gasteiger partial charge in [0.15, 0.2) is 0 Å². The molecule has 22 aromatic rings. The van der Waals surface area contributed by atoms with Crippen LogP contribution < -0.4 is 19.6 Å². The zero-order valence-electron chi connectivity index (χ0n) is 83.2. The molecule has 26 rings (SSSR count). The van der Waals surface area contributed by atoms with Crippen LogP contribution in [0.5, 0.6) is 0 Å². The maximum atomic E-state index is 3.78. The Hall–Kier alpha value is -17.0. The van der Waals surface area contributed by atoms with E-state index in [-0.39, 0.29) is 21.7 Å². The number of hydrogen-bond donors (Lipinski definition) is 0. The van der Waals surface area contributed by atoms with Gasteiger partial charge in [-0.05, 0) is 294 Å². The molecule has 0 N–H and O–H groups in total. The fourth-order valence-electron chi connectivity index (χ4n) is 23.6. The molecule has 4 nitrogen and oxygen atoms in total. The van der Waals surface area contributed by atoms with E-state index in [0.29, 0.717) is 0 Å². The van der Waals surface area contributed by atoms with Gasteiger partial charge in [0.1, 0.15) is 0 Å². The molecule has 0 spiro atoms. The second-order valence-electron chi connectivity index (χ2n) is 38.8. The molecule has 4 heterocycles. The Kier molecular flexibility index (Phi) is 26.4. The minimum Gasteiger partial charge on any atom is -0.310 e. The number of nitrogens with zero attached hydrogens (tertiary/aromatic N) is 4. The van der Waals surface area contributed by atoms with Gasteiger partial charge in [0.2, 0.25) is 0 Å². The van der Waals surface area contributed by atoms with Gasteiger partial charge in [0.25, 0.3) is 0 Å². The first-order chi connectivity index (χ1) is 72.9. The predicted octanol–water partition coefficient (Wildman–Crippen LogP) is 39.6. The van der Waals surface area contributed by atoms with Crippen molar-refractivity contribution in [3.05, 3.63) is 646 Å². The summed E-state index contributed by atoms with van der Waals surface area (Å²) in [7, 11) is 0. The number of para-hydroxylation sites is 4. The van der Waals surface area contributed by atoms with E-state index in [0.717, 1.165) is 33.2 Å². The Morgan fingerprint density at radius 3 is 0.622 bits per heavy atom. The van der Waals surface area contributed by atoms with E-state index in [2.05, 4.69) is 649 Å². The number of halogens is 2. The molecule has 4 aliphatic heterocycles. The summed E-state index contributed by atoms with van der Waals surface area (Å²) >= 11 is 7.52. The lowest BCUT2D eigenvalue weighted by Gasteiger charge is -2.46. The summed E-state index contributed by atoms with van der Waals surface area (Å²) in [5, 5.41) is 0. The highest BCUT2D eigenvalue weighted by Crippen LogP contribution is 2.62. The monoisotopic (exact) mass is 2030 g/mol. The Bertz CT molecular complexity index is 8420. The van der Waals surface area contributed by atoms with Crippen LogP contribution >= 0.6 is 31.9 Å². The Balaban J connectivity index is 0.000000109. The van der Waals surface area contributed by atoms with Gasteiger partial charge in [-0.1, -0.05) is 482 Å². The third-order valence-corrected chi connectivity index (χ3v) is 31.9. The summed E-state index contributed by atoms with van der Waals surface area (Å²) in [6.45, 7) is 9.36. The normalized spacial score (nSPS) is 16.1. The van der Waals surface area contributed by atoms with Crippen LogP contribution in [0.4, 0.5) is 68.2 Å². The van der Waals surface area contributed by atoms with Gasteiger partial charge in [0, 0.05) is 53.4 Å². The van der Waals surface area contributed by atoms with Crippen LogP contribution in [0.1, 0.15) is 107 Å². The molecule has 0 radical (unpaired) electrons. The molecule has 4 aliphatic rings. The van der Waals surface area contributed by atoms with E-state index in [4.69, 9.17) is 0 Å². The fourth-order valence-corrected chi connectivity index (χ4v) is 24.3. The third-order valence-electron chi connectivity index (χ3n) is 30.9. The molecular weight excluding hydrogens is 1920 g/mol. The Morgan fingerprint density at radius 1 is 0.155 bits per heavy atom. The molecule has 22 aromatic carbocycles. The summed E-state index contributed by atoms with van der Waals surface area (Å²) in [5.74, 6) is 0. The van der Waals surface area contributed by atoms with Gasteiger partial charge in [0.05, 0.1) is 45.5 Å². The molecule has 148 heavy (non-hydrogen) atoms. The highest BCUT2D eigenvalue weighted by atomic mass is 79.9. The van der Waals surface area contributed by atoms with Crippen molar-refractivity contribution in [2.45, 2.75) is 62.2 Å². The second kappa shape index (κ2) is 41.3. The van der Waals surface area contributed by atoms with Crippen molar-refractivity contribution in [2.24, 2.45) is 0 Å².